The van der Waals surface area contributed by atoms with E-state index in [1.54, 1.807) is 12.1 Å². The molecule has 0 amide bonds. The highest BCUT2D eigenvalue weighted by molar-refractivity contribution is 9.08. The first-order valence-electron chi connectivity index (χ1n) is 10.6. The molecule has 0 radical (unpaired) electrons. The fourth-order valence-corrected chi connectivity index (χ4v) is 5.26. The summed E-state index contributed by atoms with van der Waals surface area (Å²) in [6.07, 6.45) is 7.22. The van der Waals surface area contributed by atoms with Gasteiger partial charge in [-0.15, -0.1) is 0 Å². The summed E-state index contributed by atoms with van der Waals surface area (Å²) in [6.45, 7) is 0.423. The summed E-state index contributed by atoms with van der Waals surface area (Å²) >= 11 is 3.49. The van der Waals surface area contributed by atoms with Crippen LogP contribution < -0.4 is 4.74 Å². The van der Waals surface area contributed by atoms with Gasteiger partial charge in [0, 0.05) is 22.7 Å². The number of nitrogens with one attached hydrogen (secondary N) is 1. The maximum absolute atomic E-state index is 11.8. The number of hydrogen-bond acceptors (Lipinski definition) is 4. The number of nitrogens with zero attached hydrogens (tertiary/aromatic N) is 1. The highest BCUT2D eigenvalue weighted by Crippen LogP contribution is 2.39. The molecule has 0 saturated heterocycles. The molecule has 31 heavy (non-hydrogen) atoms. The Labute approximate surface area is 192 Å². The molecule has 1 aliphatic carbocycles. The first-order chi connectivity index (χ1) is 15.0. The maximum Gasteiger partial charge on any atom is 0.175 e. The van der Waals surface area contributed by atoms with Crippen molar-refractivity contribution in [2.45, 2.75) is 54.9 Å². The zero-order chi connectivity index (χ0) is 21.8. The summed E-state index contributed by atoms with van der Waals surface area (Å²) in [6, 6.07) is 15.1. The molecule has 1 saturated carbocycles. The normalized spacial score (nSPS) is 15.2. The molecule has 0 aliphatic heterocycles. The van der Waals surface area contributed by atoms with Crippen molar-refractivity contribution in [2.24, 2.45) is 0 Å². The fraction of sp³-hybridized carbons (Fsp3) is 0.375. The SMILES string of the molecule is CS(=O)(=O)c1ccc(-c2n[nH]c(COc3cccc(CBr)c3)c2C2CCCCC2)cc1. The molecule has 0 spiro atoms. The molecule has 1 N–H and O–H groups in total. The predicted octanol–water partition coefficient (Wildman–Crippen LogP) is 6.00. The number of aromatic amines is 1. The minimum Gasteiger partial charge on any atom is -0.487 e. The molecule has 5 nitrogen and oxygen atoms in total. The molecule has 1 heterocycles. The molecule has 0 atom stereocenters. The van der Waals surface area contributed by atoms with Crippen molar-refractivity contribution in [3.8, 4) is 17.0 Å². The zero-order valence-corrected chi connectivity index (χ0v) is 20.0. The Bertz CT molecular complexity index is 1130. The van der Waals surface area contributed by atoms with Crippen molar-refractivity contribution in [1.82, 2.24) is 10.2 Å². The number of benzene rings is 2. The van der Waals surface area contributed by atoms with Crippen LogP contribution in [0.15, 0.2) is 53.4 Å². The Morgan fingerprint density at radius 1 is 1.10 bits per heavy atom. The fourth-order valence-electron chi connectivity index (χ4n) is 4.28. The number of halogens is 1. The standard InChI is InChI=1S/C24H27BrN2O3S/c1-31(28,29)21-12-10-19(11-13-21)24-23(18-7-3-2-4-8-18)22(26-27-24)16-30-20-9-5-6-17(14-20)15-25/h5-6,9-14,18H,2-4,7-8,15-16H2,1H3,(H,26,27). The van der Waals surface area contributed by atoms with Crippen LogP contribution in [0.4, 0.5) is 0 Å². The minimum atomic E-state index is -3.22. The van der Waals surface area contributed by atoms with Gasteiger partial charge in [0.25, 0.3) is 0 Å². The van der Waals surface area contributed by atoms with E-state index in [0.717, 1.165) is 40.9 Å². The molecule has 1 fully saturated rings. The lowest BCUT2D eigenvalue weighted by Crippen LogP contribution is -2.09. The van der Waals surface area contributed by atoms with Crippen molar-refractivity contribution < 1.29 is 13.2 Å². The monoisotopic (exact) mass is 502 g/mol. The van der Waals surface area contributed by atoms with Crippen LogP contribution >= 0.6 is 15.9 Å². The average Bonchev–Trinajstić information content (AvgIpc) is 3.22. The lowest BCUT2D eigenvalue weighted by Gasteiger charge is -2.23. The Kier molecular flexibility index (Phi) is 6.82. The Morgan fingerprint density at radius 3 is 2.52 bits per heavy atom. The summed E-state index contributed by atoms with van der Waals surface area (Å²) in [7, 11) is -3.22. The molecule has 4 rings (SSSR count). The minimum absolute atomic E-state index is 0.321. The van der Waals surface area contributed by atoms with Crippen LogP contribution in [0.1, 0.15) is 54.8 Å². The Morgan fingerprint density at radius 2 is 1.84 bits per heavy atom. The van der Waals surface area contributed by atoms with Gasteiger partial charge in [0.15, 0.2) is 9.84 Å². The van der Waals surface area contributed by atoms with Gasteiger partial charge < -0.3 is 4.74 Å². The lowest BCUT2D eigenvalue weighted by atomic mass is 9.82. The molecule has 1 aromatic heterocycles. The lowest BCUT2D eigenvalue weighted by molar-refractivity contribution is 0.297. The summed E-state index contributed by atoms with van der Waals surface area (Å²) in [4.78, 5) is 0.321. The second-order valence-corrected chi connectivity index (χ2v) is 10.7. The van der Waals surface area contributed by atoms with Crippen LogP contribution in [0.25, 0.3) is 11.3 Å². The summed E-state index contributed by atoms with van der Waals surface area (Å²) in [5.41, 5.74) is 5.21. The molecule has 0 bridgehead atoms. The second kappa shape index (κ2) is 9.57. The first kappa shape index (κ1) is 22.1. The number of ether oxygens (including phenoxy) is 1. The van der Waals surface area contributed by atoms with E-state index in [4.69, 9.17) is 4.74 Å². The molecular formula is C24H27BrN2O3S. The third-order valence-electron chi connectivity index (χ3n) is 5.89. The predicted molar refractivity (Wildman–Crippen MR) is 126 cm³/mol. The van der Waals surface area contributed by atoms with E-state index in [2.05, 4.69) is 32.2 Å². The summed E-state index contributed by atoms with van der Waals surface area (Å²) in [5.74, 6) is 1.27. The number of H-pyrrole nitrogens is 1. The van der Waals surface area contributed by atoms with Gasteiger partial charge in [-0.05, 0) is 48.6 Å². The number of rotatable bonds is 7. The van der Waals surface area contributed by atoms with Gasteiger partial charge >= 0.3 is 0 Å². The van der Waals surface area contributed by atoms with E-state index in [1.165, 1.54) is 36.6 Å². The average molecular weight is 503 g/mol. The molecule has 3 aromatic rings. The molecule has 2 aromatic carbocycles. The van der Waals surface area contributed by atoms with Gasteiger partial charge in [-0.1, -0.05) is 59.5 Å². The van der Waals surface area contributed by atoms with Gasteiger partial charge in [0.2, 0.25) is 0 Å². The van der Waals surface area contributed by atoms with Gasteiger partial charge in [-0.2, -0.15) is 5.10 Å². The number of sulfone groups is 1. The smallest absolute Gasteiger partial charge is 0.175 e. The van der Waals surface area contributed by atoms with E-state index in [9.17, 15) is 8.42 Å². The van der Waals surface area contributed by atoms with Gasteiger partial charge in [0.1, 0.15) is 12.4 Å². The van der Waals surface area contributed by atoms with Crippen molar-refractivity contribution >= 4 is 25.8 Å². The molecule has 7 heteroatoms. The van der Waals surface area contributed by atoms with E-state index in [-0.39, 0.29) is 0 Å². The Balaban J connectivity index is 1.65. The highest BCUT2D eigenvalue weighted by atomic mass is 79.9. The maximum atomic E-state index is 11.8. The number of alkyl halides is 1. The zero-order valence-electron chi connectivity index (χ0n) is 17.6. The third-order valence-corrected chi connectivity index (χ3v) is 7.66. The van der Waals surface area contributed by atoms with E-state index >= 15 is 0 Å². The van der Waals surface area contributed by atoms with Crippen LogP contribution in [0.5, 0.6) is 5.75 Å². The number of hydrogen-bond donors (Lipinski definition) is 1. The van der Waals surface area contributed by atoms with Gasteiger partial charge in [-0.25, -0.2) is 8.42 Å². The molecule has 0 unspecified atom stereocenters. The van der Waals surface area contributed by atoms with Crippen LogP contribution in [0, 0.1) is 0 Å². The quantitative estimate of drug-likeness (QED) is 0.402. The van der Waals surface area contributed by atoms with Crippen molar-refractivity contribution in [3.63, 3.8) is 0 Å². The topological polar surface area (TPSA) is 72.0 Å². The first-order valence-corrected chi connectivity index (χ1v) is 13.6. The van der Waals surface area contributed by atoms with E-state index in [0.29, 0.717) is 17.4 Å². The van der Waals surface area contributed by atoms with Gasteiger partial charge in [0.05, 0.1) is 16.3 Å². The molecule has 164 valence electrons. The highest BCUT2D eigenvalue weighted by Gasteiger charge is 2.25. The summed E-state index contributed by atoms with van der Waals surface area (Å²) in [5, 5.41) is 8.64. The van der Waals surface area contributed by atoms with Crippen LogP contribution in [-0.4, -0.2) is 24.9 Å². The molecular weight excluding hydrogens is 476 g/mol. The largest absolute Gasteiger partial charge is 0.487 e. The van der Waals surface area contributed by atoms with Crippen molar-refractivity contribution in [2.75, 3.05) is 6.26 Å². The van der Waals surface area contributed by atoms with Crippen molar-refractivity contribution in [1.29, 1.82) is 0 Å². The third kappa shape index (κ3) is 5.21. The van der Waals surface area contributed by atoms with Crippen molar-refractivity contribution in [3.05, 3.63) is 65.4 Å². The van der Waals surface area contributed by atoms with Gasteiger partial charge in [-0.3, -0.25) is 5.10 Å². The molecule has 1 aliphatic rings. The van der Waals surface area contributed by atoms with E-state index in [1.807, 2.05) is 30.3 Å². The van der Waals surface area contributed by atoms with Crippen LogP contribution in [0.2, 0.25) is 0 Å². The van der Waals surface area contributed by atoms with Crippen LogP contribution in [-0.2, 0) is 21.8 Å². The van der Waals surface area contributed by atoms with E-state index < -0.39 is 9.84 Å². The second-order valence-electron chi connectivity index (χ2n) is 8.17. The number of aromatic nitrogens is 2. The summed E-state index contributed by atoms with van der Waals surface area (Å²) < 4.78 is 29.8. The Hall–Kier alpha value is -2.12. The van der Waals surface area contributed by atoms with Crippen LogP contribution in [0.3, 0.4) is 0 Å².